The van der Waals surface area contributed by atoms with Gasteiger partial charge in [0.15, 0.2) is 0 Å². The fourth-order valence-corrected chi connectivity index (χ4v) is 2.04. The maximum Gasteiger partial charge on any atom is 0.329 e. The first-order valence-corrected chi connectivity index (χ1v) is 5.71. The van der Waals surface area contributed by atoms with E-state index in [1.807, 2.05) is 0 Å². The monoisotopic (exact) mass is 236 g/mol. The average molecular weight is 236 g/mol. The van der Waals surface area contributed by atoms with Crippen LogP contribution in [0.15, 0.2) is 18.7 Å². The first-order chi connectivity index (χ1) is 8.16. The van der Waals surface area contributed by atoms with Crippen molar-refractivity contribution < 1.29 is 9.59 Å². The standard InChI is InChI=1S/C11H16N4O2/c1-9(16)13-10-2-5-14(6-3-10)11(17)15-7-4-12-8-15/h4,7-8,10H,2-3,5-6H2,1H3,(H,13,16). The molecule has 0 unspecified atom stereocenters. The van der Waals surface area contributed by atoms with Gasteiger partial charge in [0.2, 0.25) is 5.91 Å². The molecule has 6 nitrogen and oxygen atoms in total. The minimum atomic E-state index is -0.0521. The largest absolute Gasteiger partial charge is 0.353 e. The summed E-state index contributed by atoms with van der Waals surface area (Å²) in [4.78, 5) is 28.5. The summed E-state index contributed by atoms with van der Waals surface area (Å²) in [5.74, 6) is -0.00983. The van der Waals surface area contributed by atoms with Crippen molar-refractivity contribution in [2.24, 2.45) is 0 Å². The summed E-state index contributed by atoms with van der Waals surface area (Å²) in [6.07, 6.45) is 6.34. The Bertz CT molecular complexity index is 394. The van der Waals surface area contributed by atoms with Crippen LogP contribution in [0, 0.1) is 0 Å². The Morgan fingerprint density at radius 3 is 2.59 bits per heavy atom. The van der Waals surface area contributed by atoms with Gasteiger partial charge in [0.1, 0.15) is 6.33 Å². The number of piperidine rings is 1. The predicted molar refractivity (Wildman–Crippen MR) is 61.4 cm³/mol. The van der Waals surface area contributed by atoms with Crippen molar-refractivity contribution in [2.75, 3.05) is 13.1 Å². The SMILES string of the molecule is CC(=O)NC1CCN(C(=O)n2ccnc2)CC1. The van der Waals surface area contributed by atoms with Gasteiger partial charge >= 0.3 is 6.03 Å². The van der Waals surface area contributed by atoms with Crippen LogP contribution in [0.4, 0.5) is 4.79 Å². The third-order valence-electron chi connectivity index (χ3n) is 2.90. The summed E-state index contributed by atoms with van der Waals surface area (Å²) in [6.45, 7) is 2.85. The molecule has 6 heteroatoms. The van der Waals surface area contributed by atoms with E-state index in [2.05, 4.69) is 10.3 Å². The highest BCUT2D eigenvalue weighted by Gasteiger charge is 2.23. The zero-order chi connectivity index (χ0) is 12.3. The van der Waals surface area contributed by atoms with E-state index in [0.717, 1.165) is 12.8 Å². The van der Waals surface area contributed by atoms with Gasteiger partial charge in [-0.25, -0.2) is 9.78 Å². The van der Waals surface area contributed by atoms with E-state index in [-0.39, 0.29) is 18.0 Å². The number of hydrogen-bond donors (Lipinski definition) is 1. The highest BCUT2D eigenvalue weighted by atomic mass is 16.2. The molecule has 1 aromatic heterocycles. The van der Waals surface area contributed by atoms with Crippen LogP contribution in [0.3, 0.4) is 0 Å². The number of hydrogen-bond acceptors (Lipinski definition) is 3. The predicted octanol–water partition coefficient (Wildman–Crippen LogP) is 0.452. The van der Waals surface area contributed by atoms with Crippen molar-refractivity contribution in [1.82, 2.24) is 19.8 Å². The molecule has 0 atom stereocenters. The van der Waals surface area contributed by atoms with Crippen molar-refractivity contribution in [3.8, 4) is 0 Å². The van der Waals surface area contributed by atoms with Crippen LogP contribution >= 0.6 is 0 Å². The second-order valence-electron chi connectivity index (χ2n) is 4.21. The number of nitrogens with one attached hydrogen (secondary N) is 1. The molecule has 17 heavy (non-hydrogen) atoms. The third kappa shape index (κ3) is 2.83. The minimum absolute atomic E-state index is 0.00983. The minimum Gasteiger partial charge on any atom is -0.353 e. The zero-order valence-electron chi connectivity index (χ0n) is 9.80. The Labute approximate surface area is 99.6 Å². The number of rotatable bonds is 1. The molecule has 0 bridgehead atoms. The number of carbonyl (C=O) groups excluding carboxylic acids is 2. The van der Waals surface area contributed by atoms with E-state index in [4.69, 9.17) is 0 Å². The Kier molecular flexibility index (Phi) is 3.41. The Morgan fingerprint density at radius 2 is 2.06 bits per heavy atom. The lowest BCUT2D eigenvalue weighted by molar-refractivity contribution is -0.119. The van der Waals surface area contributed by atoms with Crippen molar-refractivity contribution in [3.05, 3.63) is 18.7 Å². The van der Waals surface area contributed by atoms with Crippen LogP contribution in [0.25, 0.3) is 0 Å². The van der Waals surface area contributed by atoms with Gasteiger partial charge in [-0.3, -0.25) is 9.36 Å². The molecule has 92 valence electrons. The van der Waals surface area contributed by atoms with Crippen LogP contribution < -0.4 is 5.32 Å². The summed E-state index contributed by atoms with van der Waals surface area (Å²) >= 11 is 0. The number of likely N-dealkylation sites (tertiary alicyclic amines) is 1. The quantitative estimate of drug-likeness (QED) is 0.770. The normalized spacial score (nSPS) is 16.9. The van der Waals surface area contributed by atoms with Gasteiger partial charge in [-0.1, -0.05) is 0 Å². The molecule has 1 saturated heterocycles. The summed E-state index contributed by atoms with van der Waals surface area (Å²) < 4.78 is 1.47. The van der Waals surface area contributed by atoms with Crippen LogP contribution in [-0.4, -0.2) is 45.5 Å². The molecule has 0 spiro atoms. The lowest BCUT2D eigenvalue weighted by Gasteiger charge is -2.32. The molecule has 1 aromatic rings. The van der Waals surface area contributed by atoms with E-state index >= 15 is 0 Å². The Balaban J connectivity index is 1.87. The number of nitrogens with zero attached hydrogens (tertiary/aromatic N) is 3. The van der Waals surface area contributed by atoms with Crippen molar-refractivity contribution >= 4 is 11.9 Å². The molecule has 0 saturated carbocycles. The Morgan fingerprint density at radius 1 is 1.35 bits per heavy atom. The van der Waals surface area contributed by atoms with Crippen LogP contribution in [0.5, 0.6) is 0 Å². The van der Waals surface area contributed by atoms with Crippen molar-refractivity contribution in [2.45, 2.75) is 25.8 Å². The smallest absolute Gasteiger partial charge is 0.329 e. The molecule has 0 aromatic carbocycles. The lowest BCUT2D eigenvalue weighted by Crippen LogP contribution is -2.47. The van der Waals surface area contributed by atoms with E-state index in [1.165, 1.54) is 17.8 Å². The fourth-order valence-electron chi connectivity index (χ4n) is 2.04. The zero-order valence-corrected chi connectivity index (χ0v) is 9.80. The van der Waals surface area contributed by atoms with Crippen LogP contribution in [0.1, 0.15) is 19.8 Å². The molecule has 2 heterocycles. The number of imidazole rings is 1. The average Bonchev–Trinajstić information content (AvgIpc) is 2.82. The summed E-state index contributed by atoms with van der Waals surface area (Å²) in [7, 11) is 0. The van der Waals surface area contributed by atoms with Gasteiger partial charge in [-0.05, 0) is 12.8 Å². The molecule has 0 radical (unpaired) electrons. The molecule has 2 rings (SSSR count). The molecule has 0 aliphatic carbocycles. The summed E-state index contributed by atoms with van der Waals surface area (Å²) in [5, 5.41) is 2.88. The summed E-state index contributed by atoms with van der Waals surface area (Å²) in [5.41, 5.74) is 0. The van der Waals surface area contributed by atoms with Gasteiger partial charge in [0, 0.05) is 38.4 Å². The molecular formula is C11H16N4O2. The highest BCUT2D eigenvalue weighted by molar-refractivity contribution is 5.77. The van der Waals surface area contributed by atoms with Gasteiger partial charge in [-0.2, -0.15) is 0 Å². The first-order valence-electron chi connectivity index (χ1n) is 5.71. The fraction of sp³-hybridized carbons (Fsp3) is 0.545. The van der Waals surface area contributed by atoms with E-state index in [1.54, 1.807) is 17.3 Å². The highest BCUT2D eigenvalue weighted by Crippen LogP contribution is 2.11. The molecule has 1 aliphatic heterocycles. The van der Waals surface area contributed by atoms with Gasteiger partial charge in [-0.15, -0.1) is 0 Å². The number of carbonyl (C=O) groups is 2. The summed E-state index contributed by atoms with van der Waals surface area (Å²) in [6, 6.07) is 0.142. The van der Waals surface area contributed by atoms with Gasteiger partial charge in [0.25, 0.3) is 0 Å². The van der Waals surface area contributed by atoms with E-state index in [9.17, 15) is 9.59 Å². The maximum absolute atomic E-state index is 12.0. The second kappa shape index (κ2) is 4.99. The number of aromatic nitrogens is 2. The van der Waals surface area contributed by atoms with Gasteiger partial charge in [0.05, 0.1) is 0 Å². The molecule has 1 fully saturated rings. The van der Waals surface area contributed by atoms with Crippen molar-refractivity contribution in [3.63, 3.8) is 0 Å². The van der Waals surface area contributed by atoms with E-state index in [0.29, 0.717) is 13.1 Å². The van der Waals surface area contributed by atoms with E-state index < -0.39 is 0 Å². The van der Waals surface area contributed by atoms with Crippen LogP contribution in [0.2, 0.25) is 0 Å². The molecule has 1 N–H and O–H groups in total. The topological polar surface area (TPSA) is 67.2 Å². The van der Waals surface area contributed by atoms with Crippen LogP contribution in [-0.2, 0) is 4.79 Å². The molecule has 1 aliphatic rings. The third-order valence-corrected chi connectivity index (χ3v) is 2.90. The van der Waals surface area contributed by atoms with Gasteiger partial charge < -0.3 is 10.2 Å². The Hall–Kier alpha value is -1.85. The molecular weight excluding hydrogens is 220 g/mol. The van der Waals surface area contributed by atoms with Crippen molar-refractivity contribution in [1.29, 1.82) is 0 Å². The second-order valence-corrected chi connectivity index (χ2v) is 4.21. The first kappa shape index (κ1) is 11.6. The maximum atomic E-state index is 12.0. The lowest BCUT2D eigenvalue weighted by atomic mass is 10.1. The number of amides is 2. The molecule has 2 amide bonds.